The minimum absolute atomic E-state index is 0.307. The van der Waals surface area contributed by atoms with Gasteiger partial charge in [0.25, 0.3) is 11.8 Å². The summed E-state index contributed by atoms with van der Waals surface area (Å²) in [6, 6.07) is 13.5. The molecule has 0 aliphatic carbocycles. The Bertz CT molecular complexity index is 1120. The first-order valence-corrected chi connectivity index (χ1v) is 8.20. The molecule has 0 saturated carbocycles. The summed E-state index contributed by atoms with van der Waals surface area (Å²) < 4.78 is 1.46. The fourth-order valence-electron chi connectivity index (χ4n) is 2.52. The molecule has 0 fully saturated rings. The molecule has 0 saturated heterocycles. The maximum absolute atomic E-state index is 12.2. The molecule has 27 heavy (non-hydrogen) atoms. The number of halogens is 1. The molecule has 0 aliphatic heterocycles. The number of hydrogen-bond acceptors (Lipinski definition) is 5. The molecule has 4 rings (SSSR count). The topological polar surface area (TPSA) is 118 Å². The number of amides is 2. The molecular weight excluding hydrogens is 370 g/mol. The second-order valence-corrected chi connectivity index (χ2v) is 6.06. The highest BCUT2D eigenvalue weighted by Gasteiger charge is 2.12. The largest absolute Gasteiger partial charge is 0.350 e. The van der Waals surface area contributed by atoms with Gasteiger partial charge in [0.05, 0.1) is 5.69 Å². The second-order valence-electron chi connectivity index (χ2n) is 5.62. The van der Waals surface area contributed by atoms with Gasteiger partial charge < -0.3 is 4.98 Å². The predicted molar refractivity (Wildman–Crippen MR) is 97.4 cm³/mol. The molecule has 0 radical (unpaired) electrons. The van der Waals surface area contributed by atoms with Gasteiger partial charge in [0.2, 0.25) is 0 Å². The molecule has 0 unspecified atom stereocenters. The molecule has 2 amide bonds. The van der Waals surface area contributed by atoms with Crippen molar-refractivity contribution in [2.24, 2.45) is 0 Å². The Hall–Kier alpha value is -3.72. The van der Waals surface area contributed by atoms with Crippen LogP contribution in [0.1, 0.15) is 20.8 Å². The molecule has 4 aromatic rings. The van der Waals surface area contributed by atoms with Gasteiger partial charge in [0, 0.05) is 21.5 Å². The van der Waals surface area contributed by atoms with E-state index in [2.05, 4.69) is 31.4 Å². The first-order valence-electron chi connectivity index (χ1n) is 7.82. The molecule has 0 atom stereocenters. The van der Waals surface area contributed by atoms with Crippen LogP contribution in [0.15, 0.2) is 54.9 Å². The smallest absolute Gasteiger partial charge is 0.286 e. The summed E-state index contributed by atoms with van der Waals surface area (Å²) in [5.74, 6) is -0.924. The highest BCUT2D eigenvalue weighted by Crippen LogP contribution is 2.20. The molecule has 3 N–H and O–H groups in total. The highest BCUT2D eigenvalue weighted by molar-refractivity contribution is 6.31. The molecule has 9 nitrogen and oxygen atoms in total. The van der Waals surface area contributed by atoms with Crippen LogP contribution in [0, 0.1) is 0 Å². The van der Waals surface area contributed by atoms with E-state index >= 15 is 0 Å². The van der Waals surface area contributed by atoms with E-state index in [1.54, 1.807) is 48.5 Å². The number of hydrogen-bond donors (Lipinski definition) is 3. The number of H-pyrrole nitrogens is 1. The van der Waals surface area contributed by atoms with Crippen molar-refractivity contribution in [2.45, 2.75) is 0 Å². The van der Waals surface area contributed by atoms with Gasteiger partial charge in [0.1, 0.15) is 12.0 Å². The van der Waals surface area contributed by atoms with Gasteiger partial charge in [-0.05, 0) is 59.0 Å². The van der Waals surface area contributed by atoms with Crippen LogP contribution in [-0.4, -0.2) is 37.0 Å². The fraction of sp³-hybridized carbons (Fsp3) is 0. The van der Waals surface area contributed by atoms with Crippen LogP contribution in [0.3, 0.4) is 0 Å². The lowest BCUT2D eigenvalue weighted by molar-refractivity contribution is 0.0844. The quantitative estimate of drug-likeness (QED) is 0.468. The first-order chi connectivity index (χ1) is 13.1. The van der Waals surface area contributed by atoms with Gasteiger partial charge >= 0.3 is 0 Å². The number of hydrazine groups is 1. The molecule has 0 bridgehead atoms. The van der Waals surface area contributed by atoms with Gasteiger partial charge in [-0.15, -0.1) is 5.10 Å². The van der Waals surface area contributed by atoms with Crippen molar-refractivity contribution in [3.8, 4) is 5.69 Å². The van der Waals surface area contributed by atoms with Crippen molar-refractivity contribution in [1.29, 1.82) is 0 Å². The zero-order chi connectivity index (χ0) is 18.8. The number of tetrazole rings is 1. The number of fused-ring (bicyclic) bond motifs is 1. The number of benzene rings is 2. The number of rotatable bonds is 3. The van der Waals surface area contributed by atoms with Crippen molar-refractivity contribution < 1.29 is 9.59 Å². The van der Waals surface area contributed by atoms with Crippen LogP contribution < -0.4 is 10.9 Å². The van der Waals surface area contributed by atoms with Crippen LogP contribution in [0.4, 0.5) is 0 Å². The molecule has 0 aliphatic rings. The number of aromatic amines is 1. The van der Waals surface area contributed by atoms with Gasteiger partial charge in [-0.25, -0.2) is 4.68 Å². The summed E-state index contributed by atoms with van der Waals surface area (Å²) in [4.78, 5) is 27.4. The second kappa shape index (κ2) is 6.89. The molecule has 2 aromatic heterocycles. The average molecular weight is 382 g/mol. The monoisotopic (exact) mass is 381 g/mol. The molecule has 10 heteroatoms. The summed E-state index contributed by atoms with van der Waals surface area (Å²) in [5.41, 5.74) is 6.91. The van der Waals surface area contributed by atoms with E-state index in [0.717, 1.165) is 10.9 Å². The van der Waals surface area contributed by atoms with Gasteiger partial charge in [-0.1, -0.05) is 11.6 Å². The zero-order valence-corrected chi connectivity index (χ0v) is 14.4. The molecular formula is C17H12ClN7O2. The van der Waals surface area contributed by atoms with E-state index in [4.69, 9.17) is 11.6 Å². The van der Waals surface area contributed by atoms with E-state index in [-0.39, 0.29) is 0 Å². The zero-order valence-electron chi connectivity index (χ0n) is 13.7. The van der Waals surface area contributed by atoms with E-state index in [9.17, 15) is 9.59 Å². The molecule has 2 heterocycles. The molecule has 2 aromatic carbocycles. The van der Waals surface area contributed by atoms with Crippen molar-refractivity contribution >= 4 is 34.3 Å². The van der Waals surface area contributed by atoms with E-state index in [1.807, 2.05) is 0 Å². The van der Waals surface area contributed by atoms with Crippen LogP contribution >= 0.6 is 11.6 Å². The standard InChI is InChI=1S/C17H12ClN7O2/c18-12-3-6-14-11(7-12)8-15(20-14)17(27)22-21-16(26)10-1-4-13(5-2-10)25-9-19-23-24-25/h1-9,20H,(H,21,26)(H,22,27). The van der Waals surface area contributed by atoms with Gasteiger partial charge in [0.15, 0.2) is 0 Å². The molecule has 0 spiro atoms. The van der Waals surface area contributed by atoms with E-state index < -0.39 is 11.8 Å². The SMILES string of the molecule is O=C(NNC(=O)c1cc2cc(Cl)ccc2[nH]1)c1ccc(-n2cnnn2)cc1. The van der Waals surface area contributed by atoms with Crippen molar-refractivity contribution in [2.75, 3.05) is 0 Å². The van der Waals surface area contributed by atoms with Crippen molar-refractivity contribution in [1.82, 2.24) is 36.0 Å². The lowest BCUT2D eigenvalue weighted by atomic mass is 10.2. The summed E-state index contributed by atoms with van der Waals surface area (Å²) in [6.07, 6.45) is 1.45. The minimum atomic E-state index is -0.471. The lowest BCUT2D eigenvalue weighted by Gasteiger charge is -2.07. The average Bonchev–Trinajstić information content (AvgIpc) is 3.35. The van der Waals surface area contributed by atoms with E-state index in [0.29, 0.717) is 22.0 Å². The minimum Gasteiger partial charge on any atom is -0.350 e. The fourth-order valence-corrected chi connectivity index (χ4v) is 2.70. The third-order valence-electron chi connectivity index (χ3n) is 3.86. The van der Waals surface area contributed by atoms with Crippen molar-refractivity contribution in [3.63, 3.8) is 0 Å². The molecule has 134 valence electrons. The predicted octanol–water partition coefficient (Wildman–Crippen LogP) is 1.87. The third kappa shape index (κ3) is 3.48. The van der Waals surface area contributed by atoms with E-state index in [1.165, 1.54) is 11.0 Å². The first kappa shape index (κ1) is 16.7. The lowest BCUT2D eigenvalue weighted by Crippen LogP contribution is -2.41. The number of carbonyl (C=O) groups excluding carboxylic acids is 2. The van der Waals surface area contributed by atoms with Crippen LogP contribution in [-0.2, 0) is 0 Å². The Morgan fingerprint density at radius 2 is 1.78 bits per heavy atom. The van der Waals surface area contributed by atoms with Gasteiger partial charge in [-0.3, -0.25) is 20.4 Å². The Morgan fingerprint density at radius 1 is 1.00 bits per heavy atom. The number of nitrogens with zero attached hydrogens (tertiary/aromatic N) is 4. The van der Waals surface area contributed by atoms with Crippen LogP contribution in [0.5, 0.6) is 0 Å². The summed E-state index contributed by atoms with van der Waals surface area (Å²) in [7, 11) is 0. The summed E-state index contributed by atoms with van der Waals surface area (Å²) >= 11 is 5.94. The number of nitrogens with one attached hydrogen (secondary N) is 3. The number of aromatic nitrogens is 5. The third-order valence-corrected chi connectivity index (χ3v) is 4.10. The Balaban J connectivity index is 1.41. The Morgan fingerprint density at radius 3 is 2.52 bits per heavy atom. The Labute approximate surface area is 157 Å². The van der Waals surface area contributed by atoms with Crippen molar-refractivity contribution in [3.05, 3.63) is 71.1 Å². The number of carbonyl (C=O) groups is 2. The van der Waals surface area contributed by atoms with Gasteiger partial charge in [-0.2, -0.15) is 0 Å². The normalized spacial score (nSPS) is 10.7. The van der Waals surface area contributed by atoms with Crippen LogP contribution in [0.25, 0.3) is 16.6 Å². The summed E-state index contributed by atoms with van der Waals surface area (Å²) in [6.45, 7) is 0. The maximum atomic E-state index is 12.2. The Kier molecular flexibility index (Phi) is 4.27. The van der Waals surface area contributed by atoms with Crippen LogP contribution in [0.2, 0.25) is 5.02 Å². The summed E-state index contributed by atoms with van der Waals surface area (Å²) in [5, 5.41) is 12.2. The maximum Gasteiger partial charge on any atom is 0.286 e. The highest BCUT2D eigenvalue weighted by atomic mass is 35.5.